The number of urea groups is 1. The van der Waals surface area contributed by atoms with Crippen molar-refractivity contribution in [3.63, 3.8) is 0 Å². The summed E-state index contributed by atoms with van der Waals surface area (Å²) in [4.78, 5) is 20.7. The number of carbonyl (C=O) groups is 1. The second kappa shape index (κ2) is 6.95. The molecule has 1 aliphatic carbocycles. The minimum Gasteiger partial charge on any atom is -0.308 e. The van der Waals surface area contributed by atoms with Crippen LogP contribution in [0.25, 0.3) is 11.3 Å². The Morgan fingerprint density at radius 1 is 0.964 bits per heavy atom. The Labute approximate surface area is 158 Å². The van der Waals surface area contributed by atoms with Gasteiger partial charge in [-0.1, -0.05) is 30.3 Å². The number of fused-ring (bicyclic) bond motifs is 3. The van der Waals surface area contributed by atoms with E-state index in [0.29, 0.717) is 0 Å². The maximum atomic E-state index is 12.8. The van der Waals surface area contributed by atoms with Gasteiger partial charge < -0.3 is 5.32 Å². The van der Waals surface area contributed by atoms with Crippen LogP contribution in [0.1, 0.15) is 16.7 Å². The van der Waals surface area contributed by atoms with E-state index in [9.17, 15) is 18.0 Å². The van der Waals surface area contributed by atoms with Gasteiger partial charge >= 0.3 is 12.2 Å². The van der Waals surface area contributed by atoms with E-state index in [0.717, 1.165) is 41.8 Å². The van der Waals surface area contributed by atoms with Gasteiger partial charge in [0.2, 0.25) is 5.95 Å². The lowest BCUT2D eigenvalue weighted by Crippen LogP contribution is -2.22. The van der Waals surface area contributed by atoms with E-state index in [1.807, 2.05) is 24.3 Å². The molecule has 2 amide bonds. The molecule has 0 saturated carbocycles. The number of aromatic nitrogens is 2. The summed E-state index contributed by atoms with van der Waals surface area (Å²) in [5.74, 6) is 0.0833. The smallest absolute Gasteiger partial charge is 0.308 e. The molecule has 3 aromatic rings. The fourth-order valence-electron chi connectivity index (χ4n) is 3.16. The molecule has 142 valence electrons. The van der Waals surface area contributed by atoms with Gasteiger partial charge in [0.1, 0.15) is 0 Å². The molecule has 0 aliphatic heterocycles. The highest BCUT2D eigenvalue weighted by Crippen LogP contribution is 2.32. The standard InChI is InChI=1S/C20H15F3N4O/c21-20(22,23)14-5-3-6-15(10-14)25-19(28)27-18-24-11-13-9-8-12-4-1-2-7-16(12)17(13)26-18/h1-7,10-11H,8-9H2,(H2,24,25,26,27,28). The van der Waals surface area contributed by atoms with E-state index in [1.165, 1.54) is 17.7 Å². The van der Waals surface area contributed by atoms with Crippen molar-refractivity contribution < 1.29 is 18.0 Å². The molecule has 2 aromatic carbocycles. The van der Waals surface area contributed by atoms with Gasteiger partial charge in [-0.15, -0.1) is 0 Å². The van der Waals surface area contributed by atoms with E-state index in [1.54, 1.807) is 6.20 Å². The number of amides is 2. The van der Waals surface area contributed by atoms with Crippen molar-refractivity contribution in [1.29, 1.82) is 0 Å². The molecule has 0 atom stereocenters. The molecule has 1 heterocycles. The first-order chi connectivity index (χ1) is 13.4. The third-order valence-electron chi connectivity index (χ3n) is 4.47. The summed E-state index contributed by atoms with van der Waals surface area (Å²) in [5, 5.41) is 4.85. The van der Waals surface area contributed by atoms with Crippen molar-refractivity contribution >= 4 is 17.7 Å². The quantitative estimate of drug-likeness (QED) is 0.660. The van der Waals surface area contributed by atoms with Crippen molar-refractivity contribution in [1.82, 2.24) is 9.97 Å². The number of hydrogen-bond donors (Lipinski definition) is 2. The second-order valence-electron chi connectivity index (χ2n) is 6.38. The highest BCUT2D eigenvalue weighted by Gasteiger charge is 2.30. The van der Waals surface area contributed by atoms with Crippen molar-refractivity contribution in [2.75, 3.05) is 10.6 Å². The van der Waals surface area contributed by atoms with E-state index >= 15 is 0 Å². The molecule has 4 rings (SSSR count). The molecule has 5 nitrogen and oxygen atoms in total. The number of nitrogens with zero attached hydrogens (tertiary/aromatic N) is 2. The number of hydrogen-bond acceptors (Lipinski definition) is 3. The molecule has 28 heavy (non-hydrogen) atoms. The fourth-order valence-corrected chi connectivity index (χ4v) is 3.16. The molecule has 2 N–H and O–H groups in total. The number of nitrogens with one attached hydrogen (secondary N) is 2. The van der Waals surface area contributed by atoms with Crippen LogP contribution in [0.2, 0.25) is 0 Å². The Bertz CT molecular complexity index is 1050. The first kappa shape index (κ1) is 18.0. The number of halogens is 3. The summed E-state index contributed by atoms with van der Waals surface area (Å²) in [6.45, 7) is 0. The van der Waals surface area contributed by atoms with Crippen LogP contribution < -0.4 is 10.6 Å². The van der Waals surface area contributed by atoms with Gasteiger partial charge in [-0.25, -0.2) is 14.8 Å². The lowest BCUT2D eigenvalue weighted by molar-refractivity contribution is -0.137. The van der Waals surface area contributed by atoms with Crippen LogP contribution in [-0.4, -0.2) is 16.0 Å². The predicted octanol–water partition coefficient (Wildman–Crippen LogP) is 4.91. The largest absolute Gasteiger partial charge is 0.416 e. The van der Waals surface area contributed by atoms with E-state index in [2.05, 4.69) is 20.6 Å². The zero-order valence-corrected chi connectivity index (χ0v) is 14.5. The summed E-state index contributed by atoms with van der Waals surface area (Å²) in [6, 6.07) is 11.6. The van der Waals surface area contributed by atoms with Gasteiger partial charge in [0, 0.05) is 17.4 Å². The fraction of sp³-hybridized carbons (Fsp3) is 0.150. The summed E-state index contributed by atoms with van der Waals surface area (Å²) in [5.41, 5.74) is 3.09. The molecule has 0 bridgehead atoms. The number of rotatable bonds is 2. The number of benzene rings is 2. The molecule has 0 fully saturated rings. The zero-order chi connectivity index (χ0) is 19.7. The zero-order valence-electron chi connectivity index (χ0n) is 14.5. The molecular weight excluding hydrogens is 369 g/mol. The third kappa shape index (κ3) is 3.66. The van der Waals surface area contributed by atoms with E-state index < -0.39 is 17.8 Å². The van der Waals surface area contributed by atoms with Crippen LogP contribution in [0, 0.1) is 0 Å². The summed E-state index contributed by atoms with van der Waals surface area (Å²) in [7, 11) is 0. The van der Waals surface area contributed by atoms with E-state index in [-0.39, 0.29) is 11.6 Å². The third-order valence-corrected chi connectivity index (χ3v) is 4.47. The molecular formula is C20H15F3N4O. The average Bonchev–Trinajstić information content (AvgIpc) is 2.67. The number of aryl methyl sites for hydroxylation is 2. The van der Waals surface area contributed by atoms with Crippen LogP contribution >= 0.6 is 0 Å². The van der Waals surface area contributed by atoms with Crippen LogP contribution in [0.4, 0.5) is 29.6 Å². The lowest BCUT2D eigenvalue weighted by Gasteiger charge is -2.19. The van der Waals surface area contributed by atoms with Crippen LogP contribution in [0.3, 0.4) is 0 Å². The Kier molecular flexibility index (Phi) is 4.46. The minimum atomic E-state index is -4.48. The highest BCUT2D eigenvalue weighted by molar-refractivity contribution is 5.98. The van der Waals surface area contributed by atoms with Gasteiger partial charge in [0.25, 0.3) is 0 Å². The predicted molar refractivity (Wildman–Crippen MR) is 99.0 cm³/mol. The average molecular weight is 384 g/mol. The molecule has 0 radical (unpaired) electrons. The van der Waals surface area contributed by atoms with Crippen molar-refractivity contribution in [2.45, 2.75) is 19.0 Å². The highest BCUT2D eigenvalue weighted by atomic mass is 19.4. The molecule has 1 aliphatic rings. The normalized spacial score (nSPS) is 12.7. The van der Waals surface area contributed by atoms with Crippen molar-refractivity contribution in [2.24, 2.45) is 0 Å². The first-order valence-electron chi connectivity index (χ1n) is 8.59. The van der Waals surface area contributed by atoms with Crippen molar-refractivity contribution in [3.05, 3.63) is 71.4 Å². The number of carbonyl (C=O) groups excluding carboxylic acids is 1. The Hall–Kier alpha value is -3.42. The maximum absolute atomic E-state index is 12.8. The van der Waals surface area contributed by atoms with Crippen LogP contribution in [-0.2, 0) is 19.0 Å². The minimum absolute atomic E-state index is 0.0237. The van der Waals surface area contributed by atoms with Gasteiger partial charge in [-0.05, 0) is 42.2 Å². The van der Waals surface area contributed by atoms with Gasteiger partial charge in [-0.3, -0.25) is 5.32 Å². The SMILES string of the molecule is O=C(Nc1cccc(C(F)(F)F)c1)Nc1ncc2c(n1)-c1ccccc1CC2. The summed E-state index contributed by atoms with van der Waals surface area (Å²) < 4.78 is 38.4. The first-order valence-corrected chi connectivity index (χ1v) is 8.59. The molecule has 1 aromatic heterocycles. The van der Waals surface area contributed by atoms with E-state index in [4.69, 9.17) is 0 Å². The molecule has 0 saturated heterocycles. The maximum Gasteiger partial charge on any atom is 0.416 e. The molecule has 8 heteroatoms. The monoisotopic (exact) mass is 384 g/mol. The van der Waals surface area contributed by atoms with Crippen molar-refractivity contribution in [3.8, 4) is 11.3 Å². The summed E-state index contributed by atoms with van der Waals surface area (Å²) in [6.07, 6.45) is -1.11. The van der Waals surface area contributed by atoms with Gasteiger partial charge in [-0.2, -0.15) is 13.2 Å². The summed E-state index contributed by atoms with van der Waals surface area (Å²) >= 11 is 0. The Morgan fingerprint density at radius 3 is 2.57 bits per heavy atom. The lowest BCUT2D eigenvalue weighted by atomic mass is 9.90. The number of anilines is 2. The molecule has 0 spiro atoms. The Balaban J connectivity index is 1.52. The number of alkyl halides is 3. The van der Waals surface area contributed by atoms with Gasteiger partial charge in [0.05, 0.1) is 11.3 Å². The van der Waals surface area contributed by atoms with Crippen LogP contribution in [0.15, 0.2) is 54.7 Å². The molecule has 0 unspecified atom stereocenters. The van der Waals surface area contributed by atoms with Crippen LogP contribution in [0.5, 0.6) is 0 Å². The topological polar surface area (TPSA) is 66.9 Å². The second-order valence-corrected chi connectivity index (χ2v) is 6.38. The Morgan fingerprint density at radius 2 is 1.75 bits per heavy atom. The van der Waals surface area contributed by atoms with Gasteiger partial charge in [0.15, 0.2) is 0 Å².